The van der Waals surface area contributed by atoms with Gasteiger partial charge in [0.05, 0.1) is 12.5 Å². The molecule has 1 atom stereocenters. The minimum Gasteiger partial charge on any atom is -0.490 e. The number of rotatable bonds is 10. The van der Waals surface area contributed by atoms with Gasteiger partial charge in [-0.25, -0.2) is 4.79 Å². The Kier molecular flexibility index (Phi) is 9.40. The second-order valence-corrected chi connectivity index (χ2v) is 10.7. The van der Waals surface area contributed by atoms with Crippen LogP contribution in [0.1, 0.15) is 29.5 Å². The number of carbonyl (C=O) groups is 1. The summed E-state index contributed by atoms with van der Waals surface area (Å²) in [5, 5.41) is 10.6. The highest BCUT2D eigenvalue weighted by molar-refractivity contribution is 9.10. The Balaban J connectivity index is 1.37. The molecule has 43 heavy (non-hydrogen) atoms. The van der Waals surface area contributed by atoms with Gasteiger partial charge in [0.25, 0.3) is 0 Å². The number of nitrogens with two attached hydrogens (primary N) is 1. The van der Waals surface area contributed by atoms with Gasteiger partial charge in [0.1, 0.15) is 35.5 Å². The van der Waals surface area contributed by atoms with Crippen LogP contribution in [-0.2, 0) is 11.4 Å². The van der Waals surface area contributed by atoms with Gasteiger partial charge in [0.15, 0.2) is 18.1 Å². The van der Waals surface area contributed by atoms with Crippen molar-refractivity contribution in [2.24, 2.45) is 5.73 Å². The summed E-state index contributed by atoms with van der Waals surface area (Å²) in [5.74, 6) is 0.977. The van der Waals surface area contributed by atoms with Crippen LogP contribution in [0.4, 0.5) is 0 Å². The maximum Gasteiger partial charge on any atom is 0.349 e. The third-order valence-corrected chi connectivity index (χ3v) is 7.43. The summed E-state index contributed by atoms with van der Waals surface area (Å²) in [6.07, 6.45) is 0. The monoisotopic (exact) mass is 660 g/mol. The van der Waals surface area contributed by atoms with Crippen LogP contribution in [0.5, 0.6) is 28.7 Å². The molecule has 0 fully saturated rings. The summed E-state index contributed by atoms with van der Waals surface area (Å²) < 4.78 is 29.6. The van der Waals surface area contributed by atoms with E-state index in [1.165, 1.54) is 0 Å². The molecule has 0 saturated heterocycles. The van der Waals surface area contributed by atoms with Crippen LogP contribution < -0.4 is 29.4 Å². The standard InChI is InChI=1S/C33H26BrClN2O6/c1-2-39-30-15-20(7-14-28(30)41-18-21-5-3-4-6-27(21)35)32-25-13-12-24(16-29(25)43-33(37)26(32)17-36)42-31(38)19-40-23-10-8-22(34)9-11-23/h3-16,32H,2,18-19,37H2,1H3. The lowest BCUT2D eigenvalue weighted by Gasteiger charge is -2.27. The Hall–Kier alpha value is -4.65. The Labute approximate surface area is 262 Å². The molecule has 8 nitrogen and oxygen atoms in total. The van der Waals surface area contributed by atoms with Crippen molar-refractivity contribution in [3.63, 3.8) is 0 Å². The van der Waals surface area contributed by atoms with E-state index < -0.39 is 11.9 Å². The summed E-state index contributed by atoms with van der Waals surface area (Å²) in [6, 6.07) is 27.1. The highest BCUT2D eigenvalue weighted by Gasteiger charge is 2.32. The van der Waals surface area contributed by atoms with E-state index in [-0.39, 0.29) is 30.4 Å². The van der Waals surface area contributed by atoms with Gasteiger partial charge in [-0.1, -0.05) is 57.9 Å². The molecule has 1 heterocycles. The van der Waals surface area contributed by atoms with Gasteiger partial charge in [0, 0.05) is 26.7 Å². The van der Waals surface area contributed by atoms with Gasteiger partial charge in [-0.15, -0.1) is 0 Å². The molecule has 1 unspecified atom stereocenters. The van der Waals surface area contributed by atoms with Crippen molar-refractivity contribution in [2.75, 3.05) is 13.2 Å². The lowest BCUT2D eigenvalue weighted by molar-refractivity contribution is -0.136. The molecule has 5 rings (SSSR count). The minimum absolute atomic E-state index is 0.0425. The van der Waals surface area contributed by atoms with E-state index in [9.17, 15) is 10.1 Å². The first-order valence-corrected chi connectivity index (χ1v) is 14.5. The number of benzene rings is 4. The first kappa shape index (κ1) is 29.8. The highest BCUT2D eigenvalue weighted by atomic mass is 79.9. The molecule has 4 aromatic carbocycles. The summed E-state index contributed by atoms with van der Waals surface area (Å²) in [4.78, 5) is 12.5. The van der Waals surface area contributed by atoms with E-state index in [2.05, 4.69) is 22.0 Å². The molecule has 10 heteroatoms. The molecule has 0 spiro atoms. The number of fused-ring (bicyclic) bond motifs is 1. The number of nitriles is 1. The van der Waals surface area contributed by atoms with E-state index in [4.69, 9.17) is 41.0 Å². The maximum absolute atomic E-state index is 12.5. The zero-order valence-corrected chi connectivity index (χ0v) is 25.4. The van der Waals surface area contributed by atoms with Crippen LogP contribution in [0.3, 0.4) is 0 Å². The van der Waals surface area contributed by atoms with Crippen molar-refractivity contribution in [3.05, 3.63) is 123 Å². The number of nitrogens with zero attached hydrogens (tertiary/aromatic N) is 1. The van der Waals surface area contributed by atoms with E-state index in [0.29, 0.717) is 40.2 Å². The molecule has 0 aromatic heterocycles. The van der Waals surface area contributed by atoms with Gasteiger partial charge in [-0.3, -0.25) is 0 Å². The molecular weight excluding hydrogens is 636 g/mol. The first-order chi connectivity index (χ1) is 20.9. The van der Waals surface area contributed by atoms with Crippen LogP contribution in [-0.4, -0.2) is 19.2 Å². The molecule has 1 aliphatic heterocycles. The summed E-state index contributed by atoms with van der Waals surface area (Å²) in [7, 11) is 0. The molecule has 2 N–H and O–H groups in total. The second-order valence-electron chi connectivity index (χ2n) is 9.36. The summed E-state index contributed by atoms with van der Waals surface area (Å²) in [6.45, 7) is 2.25. The summed E-state index contributed by atoms with van der Waals surface area (Å²) >= 11 is 9.65. The topological polar surface area (TPSA) is 113 Å². The molecule has 4 aromatic rings. The van der Waals surface area contributed by atoms with Crippen molar-refractivity contribution in [3.8, 4) is 34.8 Å². The zero-order chi connectivity index (χ0) is 30.3. The predicted octanol–water partition coefficient (Wildman–Crippen LogP) is 7.28. The van der Waals surface area contributed by atoms with E-state index in [0.717, 1.165) is 15.6 Å². The zero-order valence-electron chi connectivity index (χ0n) is 23.0. The fraction of sp³-hybridized carbons (Fsp3) is 0.152. The van der Waals surface area contributed by atoms with Crippen molar-refractivity contribution in [1.29, 1.82) is 5.26 Å². The number of hydrogen-bond acceptors (Lipinski definition) is 8. The largest absolute Gasteiger partial charge is 0.490 e. The molecular formula is C33H26BrClN2O6. The van der Waals surface area contributed by atoms with E-state index in [1.807, 2.05) is 49.4 Å². The van der Waals surface area contributed by atoms with Crippen molar-refractivity contribution in [2.45, 2.75) is 19.4 Å². The number of halogens is 2. The van der Waals surface area contributed by atoms with Crippen molar-refractivity contribution >= 4 is 33.5 Å². The van der Waals surface area contributed by atoms with Gasteiger partial charge < -0.3 is 29.4 Å². The van der Waals surface area contributed by atoms with Gasteiger partial charge >= 0.3 is 5.97 Å². The lowest BCUT2D eigenvalue weighted by Crippen LogP contribution is -2.22. The smallest absolute Gasteiger partial charge is 0.349 e. The first-order valence-electron chi connectivity index (χ1n) is 13.3. The Morgan fingerprint density at radius 2 is 1.74 bits per heavy atom. The van der Waals surface area contributed by atoms with Crippen LogP contribution in [0, 0.1) is 11.3 Å². The minimum atomic E-state index is -0.592. The fourth-order valence-corrected chi connectivity index (χ4v) is 4.99. The van der Waals surface area contributed by atoms with Crippen molar-refractivity contribution in [1.82, 2.24) is 0 Å². The number of ether oxygens (including phenoxy) is 5. The predicted molar refractivity (Wildman–Crippen MR) is 164 cm³/mol. The van der Waals surface area contributed by atoms with Crippen LogP contribution >= 0.6 is 27.5 Å². The Morgan fingerprint density at radius 1 is 0.977 bits per heavy atom. The third kappa shape index (κ3) is 7.05. The molecule has 0 saturated carbocycles. The van der Waals surface area contributed by atoms with Gasteiger partial charge in [0.2, 0.25) is 5.88 Å². The average Bonchev–Trinajstić information content (AvgIpc) is 3.00. The average molecular weight is 662 g/mol. The van der Waals surface area contributed by atoms with Crippen LogP contribution in [0.15, 0.2) is 101 Å². The normalized spacial score (nSPS) is 13.8. The molecule has 0 radical (unpaired) electrons. The Bertz CT molecular complexity index is 1720. The van der Waals surface area contributed by atoms with E-state index in [1.54, 1.807) is 42.5 Å². The lowest BCUT2D eigenvalue weighted by atomic mass is 9.83. The molecule has 0 aliphatic carbocycles. The van der Waals surface area contributed by atoms with Gasteiger partial charge in [-0.2, -0.15) is 5.26 Å². The number of hydrogen-bond donors (Lipinski definition) is 1. The third-order valence-electron chi connectivity index (χ3n) is 6.53. The maximum atomic E-state index is 12.5. The highest BCUT2D eigenvalue weighted by Crippen LogP contribution is 2.45. The molecule has 218 valence electrons. The van der Waals surface area contributed by atoms with Crippen LogP contribution in [0.2, 0.25) is 5.02 Å². The Morgan fingerprint density at radius 3 is 2.49 bits per heavy atom. The van der Waals surface area contributed by atoms with Gasteiger partial charge in [-0.05, 0) is 61.0 Å². The number of allylic oxidation sites excluding steroid dienone is 1. The second kappa shape index (κ2) is 13.6. The fourth-order valence-electron chi connectivity index (χ4n) is 4.54. The molecule has 1 aliphatic rings. The molecule has 0 bridgehead atoms. The number of carbonyl (C=O) groups excluding carboxylic acids is 1. The van der Waals surface area contributed by atoms with Crippen LogP contribution in [0.25, 0.3) is 0 Å². The van der Waals surface area contributed by atoms with Crippen molar-refractivity contribution < 1.29 is 28.5 Å². The quantitative estimate of drug-likeness (QED) is 0.139. The summed E-state index contributed by atoms with van der Waals surface area (Å²) in [5.41, 5.74) is 8.69. The van der Waals surface area contributed by atoms with E-state index >= 15 is 0 Å². The number of esters is 1. The molecule has 0 amide bonds. The SMILES string of the molecule is CCOc1cc(C2C(C#N)=C(N)Oc3cc(OC(=O)COc4ccc(Br)cc4)ccc32)ccc1OCc1ccccc1Cl.